The number of phenols is 1. The van der Waals surface area contributed by atoms with E-state index in [2.05, 4.69) is 10.3 Å². The number of carbonyl (C=O) groups is 1. The van der Waals surface area contributed by atoms with Crippen LogP contribution in [0.2, 0.25) is 10.0 Å². The Labute approximate surface area is 177 Å². The number of halogens is 3. The van der Waals surface area contributed by atoms with Crippen molar-refractivity contribution < 1.29 is 14.6 Å². The Morgan fingerprint density at radius 3 is 2.85 bits per heavy atom. The highest BCUT2D eigenvalue weighted by Crippen LogP contribution is 2.36. The number of phenolic OH excluding ortho intramolecular Hbond substituents is 1. The molecule has 26 heavy (non-hydrogen) atoms. The van der Waals surface area contributed by atoms with E-state index in [1.165, 1.54) is 18.9 Å². The third-order valence-electron chi connectivity index (χ3n) is 3.37. The molecular weight excluding hydrogens is 510 g/mol. The van der Waals surface area contributed by atoms with Gasteiger partial charge in [-0.3, -0.25) is 4.79 Å². The maximum atomic E-state index is 12.2. The highest BCUT2D eigenvalue weighted by Gasteiger charge is 2.24. The molecule has 5 nitrogen and oxygen atoms in total. The number of hydrogen-bond acceptors (Lipinski definition) is 5. The number of nitrogens with one attached hydrogen (secondary N) is 1. The fourth-order valence-corrected chi connectivity index (χ4v) is 3.95. The molecule has 1 aliphatic rings. The van der Waals surface area contributed by atoms with Gasteiger partial charge in [0.05, 0.1) is 31.3 Å². The van der Waals surface area contributed by atoms with Crippen molar-refractivity contribution in [2.24, 2.45) is 4.99 Å². The van der Waals surface area contributed by atoms with Gasteiger partial charge in [0.25, 0.3) is 5.91 Å². The zero-order chi connectivity index (χ0) is 18.8. The average Bonchev–Trinajstić information content (AvgIpc) is 2.94. The van der Waals surface area contributed by atoms with Crippen LogP contribution in [0.25, 0.3) is 6.08 Å². The number of amidine groups is 1. The first-order valence-corrected chi connectivity index (χ1v) is 9.84. The van der Waals surface area contributed by atoms with E-state index in [4.69, 9.17) is 27.9 Å². The van der Waals surface area contributed by atoms with Crippen LogP contribution >= 0.6 is 57.6 Å². The Balaban J connectivity index is 1.91. The number of ether oxygens (including phenoxy) is 1. The lowest BCUT2D eigenvalue weighted by atomic mass is 10.2. The molecule has 0 bridgehead atoms. The summed E-state index contributed by atoms with van der Waals surface area (Å²) in [5.74, 6) is 0.136. The second kappa shape index (κ2) is 8.08. The van der Waals surface area contributed by atoms with E-state index in [0.717, 1.165) is 5.56 Å². The number of hydrogen-bond donors (Lipinski definition) is 2. The number of amides is 1. The number of benzene rings is 2. The number of carbonyl (C=O) groups excluding carboxylic acids is 1. The number of methoxy groups -OCH3 is 1. The monoisotopic (exact) mass is 520 g/mol. The number of thioether (sulfide) groups is 1. The summed E-state index contributed by atoms with van der Waals surface area (Å²) in [6, 6.07) is 8.52. The standard InChI is InChI=1S/C17H11Cl2IN2O3S/c1-25-12-6-8(5-10(20)15(12)23)7-13-16(24)22-17(26-13)21-11-4-2-3-9(18)14(11)19/h2-7,23H,1H3,(H,21,22,24)/b13-7+. The van der Waals surface area contributed by atoms with E-state index >= 15 is 0 Å². The highest BCUT2D eigenvalue weighted by atomic mass is 127. The van der Waals surface area contributed by atoms with Crippen LogP contribution in [0.1, 0.15) is 5.56 Å². The van der Waals surface area contributed by atoms with Crippen LogP contribution in [-0.4, -0.2) is 23.3 Å². The molecule has 0 aromatic heterocycles. The molecule has 1 aliphatic heterocycles. The predicted molar refractivity (Wildman–Crippen MR) is 115 cm³/mol. The predicted octanol–water partition coefficient (Wildman–Crippen LogP) is 5.20. The molecule has 134 valence electrons. The fraction of sp³-hybridized carbons (Fsp3) is 0.0588. The molecule has 1 saturated heterocycles. The van der Waals surface area contributed by atoms with E-state index in [9.17, 15) is 9.90 Å². The van der Waals surface area contributed by atoms with Gasteiger partial charge in [0.2, 0.25) is 0 Å². The minimum absolute atomic E-state index is 0.0663. The molecule has 0 aliphatic carbocycles. The first-order valence-electron chi connectivity index (χ1n) is 7.19. The minimum atomic E-state index is -0.269. The summed E-state index contributed by atoms with van der Waals surface area (Å²) >= 11 is 15.3. The molecular formula is C17H11Cl2IN2O3S. The summed E-state index contributed by atoms with van der Waals surface area (Å²) in [6.07, 6.45) is 1.70. The average molecular weight is 521 g/mol. The first kappa shape index (κ1) is 19.3. The topological polar surface area (TPSA) is 70.9 Å². The van der Waals surface area contributed by atoms with E-state index < -0.39 is 0 Å². The molecule has 9 heteroatoms. The zero-order valence-electron chi connectivity index (χ0n) is 13.2. The van der Waals surface area contributed by atoms with Crippen LogP contribution in [0.3, 0.4) is 0 Å². The van der Waals surface area contributed by atoms with Gasteiger partial charge >= 0.3 is 0 Å². The Bertz CT molecular complexity index is 963. The van der Waals surface area contributed by atoms with Gasteiger partial charge in [0.1, 0.15) is 0 Å². The second-order valence-electron chi connectivity index (χ2n) is 5.11. The Kier molecular flexibility index (Phi) is 6.01. The van der Waals surface area contributed by atoms with E-state index in [-0.39, 0.29) is 11.7 Å². The Morgan fingerprint density at radius 1 is 1.35 bits per heavy atom. The van der Waals surface area contributed by atoms with Gasteiger partial charge in [-0.2, -0.15) is 0 Å². The molecule has 2 aromatic carbocycles. The minimum Gasteiger partial charge on any atom is -0.504 e. The molecule has 0 saturated carbocycles. The van der Waals surface area contributed by atoms with E-state index in [0.29, 0.717) is 35.1 Å². The summed E-state index contributed by atoms with van der Waals surface area (Å²) in [6.45, 7) is 0. The van der Waals surface area contributed by atoms with E-state index in [1.807, 2.05) is 22.6 Å². The van der Waals surface area contributed by atoms with Crippen molar-refractivity contribution in [3.8, 4) is 11.5 Å². The van der Waals surface area contributed by atoms with Crippen molar-refractivity contribution in [3.63, 3.8) is 0 Å². The number of nitrogens with zero attached hydrogens (tertiary/aromatic N) is 1. The van der Waals surface area contributed by atoms with Crippen LogP contribution < -0.4 is 10.1 Å². The third-order valence-corrected chi connectivity index (χ3v) is 5.91. The number of aromatic hydroxyl groups is 1. The van der Waals surface area contributed by atoms with Crippen molar-refractivity contribution in [1.82, 2.24) is 5.32 Å². The van der Waals surface area contributed by atoms with E-state index in [1.54, 1.807) is 36.4 Å². The normalized spacial score (nSPS) is 17.0. The highest BCUT2D eigenvalue weighted by molar-refractivity contribution is 14.1. The van der Waals surface area contributed by atoms with Gasteiger partial charge in [-0.15, -0.1) is 0 Å². The van der Waals surface area contributed by atoms with Gasteiger partial charge in [-0.1, -0.05) is 29.3 Å². The summed E-state index contributed by atoms with van der Waals surface area (Å²) in [5, 5.41) is 13.7. The lowest BCUT2D eigenvalue weighted by Crippen LogP contribution is -2.19. The van der Waals surface area contributed by atoms with Gasteiger partial charge in [-0.25, -0.2) is 4.99 Å². The number of aliphatic imine (C=N–C) groups is 1. The van der Waals surface area contributed by atoms with Gasteiger partial charge < -0.3 is 15.2 Å². The smallest absolute Gasteiger partial charge is 0.264 e. The Hall–Kier alpha value is -1.42. The van der Waals surface area contributed by atoms with Gasteiger partial charge in [0.15, 0.2) is 16.7 Å². The first-order chi connectivity index (χ1) is 12.4. The maximum Gasteiger partial charge on any atom is 0.264 e. The van der Waals surface area contributed by atoms with Crippen molar-refractivity contribution in [2.45, 2.75) is 0 Å². The third kappa shape index (κ3) is 4.11. The maximum absolute atomic E-state index is 12.2. The SMILES string of the molecule is COc1cc(/C=C2/SC(=Nc3cccc(Cl)c3Cl)NC2=O)cc(I)c1O. The van der Waals surface area contributed by atoms with Crippen LogP contribution in [0, 0.1) is 3.57 Å². The largest absolute Gasteiger partial charge is 0.504 e. The molecule has 0 unspecified atom stereocenters. The van der Waals surface area contributed by atoms with Crippen molar-refractivity contribution >= 4 is 80.4 Å². The summed E-state index contributed by atoms with van der Waals surface area (Å²) in [4.78, 5) is 17.0. The number of rotatable bonds is 3. The summed E-state index contributed by atoms with van der Waals surface area (Å²) < 4.78 is 5.76. The molecule has 2 aromatic rings. The van der Waals surface area contributed by atoms with Crippen LogP contribution in [0.15, 0.2) is 40.2 Å². The molecule has 2 N–H and O–H groups in total. The van der Waals surface area contributed by atoms with Crippen molar-refractivity contribution in [1.29, 1.82) is 0 Å². The molecule has 0 radical (unpaired) electrons. The second-order valence-corrected chi connectivity index (χ2v) is 8.09. The molecule has 0 spiro atoms. The van der Waals surface area contributed by atoms with Crippen molar-refractivity contribution in [3.05, 3.63) is 54.4 Å². The molecule has 0 atom stereocenters. The zero-order valence-corrected chi connectivity index (χ0v) is 17.7. The Morgan fingerprint density at radius 2 is 2.12 bits per heavy atom. The summed E-state index contributed by atoms with van der Waals surface area (Å²) in [5.41, 5.74) is 1.20. The van der Waals surface area contributed by atoms with Gasteiger partial charge in [0, 0.05) is 0 Å². The van der Waals surface area contributed by atoms with Crippen molar-refractivity contribution in [2.75, 3.05) is 7.11 Å². The van der Waals surface area contributed by atoms with Crippen LogP contribution in [0.5, 0.6) is 11.5 Å². The van der Waals surface area contributed by atoms with Crippen LogP contribution in [0.4, 0.5) is 5.69 Å². The molecule has 1 heterocycles. The van der Waals surface area contributed by atoms with Gasteiger partial charge in [-0.05, 0) is 70.3 Å². The molecule has 1 fully saturated rings. The lowest BCUT2D eigenvalue weighted by Gasteiger charge is -2.06. The lowest BCUT2D eigenvalue weighted by molar-refractivity contribution is -0.115. The quantitative estimate of drug-likeness (QED) is 0.431. The molecule has 1 amide bonds. The van der Waals surface area contributed by atoms with Crippen LogP contribution in [-0.2, 0) is 4.79 Å². The fourth-order valence-electron chi connectivity index (χ4n) is 2.15. The summed E-state index contributed by atoms with van der Waals surface area (Å²) in [7, 11) is 1.47. The molecule has 3 rings (SSSR count).